The van der Waals surface area contributed by atoms with Crippen LogP contribution in [-0.4, -0.2) is 42.6 Å². The Bertz CT molecular complexity index is 907. The number of amides is 2. The Balaban J connectivity index is 1.93. The average Bonchev–Trinajstić information content (AvgIpc) is 3.04. The molecule has 2 heterocycles. The van der Waals surface area contributed by atoms with E-state index in [4.69, 9.17) is 4.74 Å². The molecule has 1 aliphatic heterocycles. The Morgan fingerprint density at radius 3 is 2.74 bits per heavy atom. The number of thioether (sulfide) groups is 1. The van der Waals surface area contributed by atoms with Crippen LogP contribution in [0.5, 0.6) is 0 Å². The van der Waals surface area contributed by atoms with E-state index in [0.29, 0.717) is 35.6 Å². The van der Waals surface area contributed by atoms with Crippen LogP contribution in [0.2, 0.25) is 0 Å². The van der Waals surface area contributed by atoms with Crippen LogP contribution in [0.25, 0.3) is 0 Å². The zero-order valence-electron chi connectivity index (χ0n) is 15.3. The van der Waals surface area contributed by atoms with E-state index in [-0.39, 0.29) is 11.8 Å². The predicted molar refractivity (Wildman–Crippen MR) is 107 cm³/mol. The number of rotatable bonds is 4. The van der Waals surface area contributed by atoms with Crippen LogP contribution >= 0.6 is 23.1 Å². The summed E-state index contributed by atoms with van der Waals surface area (Å²) >= 11 is 2.88. The Morgan fingerprint density at radius 2 is 2.07 bits per heavy atom. The van der Waals surface area contributed by atoms with Gasteiger partial charge in [-0.05, 0) is 36.4 Å². The second-order valence-electron chi connectivity index (χ2n) is 6.08. The van der Waals surface area contributed by atoms with Crippen LogP contribution in [0.15, 0.2) is 29.2 Å². The number of thiophene rings is 1. The minimum atomic E-state index is -0.475. The lowest BCUT2D eigenvalue weighted by atomic mass is 10.0. The molecule has 8 heteroatoms. The van der Waals surface area contributed by atoms with E-state index < -0.39 is 5.97 Å². The lowest BCUT2D eigenvalue weighted by Crippen LogP contribution is -2.33. The van der Waals surface area contributed by atoms with Crippen molar-refractivity contribution in [3.63, 3.8) is 0 Å². The van der Waals surface area contributed by atoms with Crippen molar-refractivity contribution >= 4 is 45.9 Å². The Kier molecular flexibility index (Phi) is 5.86. The van der Waals surface area contributed by atoms with Crippen molar-refractivity contribution in [2.75, 3.05) is 25.2 Å². The number of methoxy groups -OCH3 is 1. The molecular weight excluding hydrogens is 384 g/mol. The molecule has 0 saturated carbocycles. The molecule has 0 fully saturated rings. The number of nitrogens with zero attached hydrogens (tertiary/aromatic N) is 1. The molecule has 1 aliphatic rings. The van der Waals surface area contributed by atoms with Gasteiger partial charge in [0.25, 0.3) is 5.91 Å². The van der Waals surface area contributed by atoms with Crippen LogP contribution in [-0.2, 0) is 22.5 Å². The van der Waals surface area contributed by atoms with Gasteiger partial charge in [0.1, 0.15) is 5.00 Å². The maximum Gasteiger partial charge on any atom is 0.341 e. The summed E-state index contributed by atoms with van der Waals surface area (Å²) in [6, 6.07) is 7.30. The fourth-order valence-electron chi connectivity index (χ4n) is 3.02. The van der Waals surface area contributed by atoms with Gasteiger partial charge in [-0.15, -0.1) is 23.1 Å². The van der Waals surface area contributed by atoms with Gasteiger partial charge in [-0.25, -0.2) is 4.79 Å². The van der Waals surface area contributed by atoms with E-state index in [2.05, 4.69) is 5.32 Å². The maximum absolute atomic E-state index is 12.7. The second kappa shape index (κ2) is 8.14. The first-order valence-corrected chi connectivity index (χ1v) is 10.4. The molecule has 2 amide bonds. The lowest BCUT2D eigenvalue weighted by molar-refractivity contribution is -0.129. The molecular formula is C19H20N2O4S2. The summed E-state index contributed by atoms with van der Waals surface area (Å²) in [5.74, 6) is -0.761. The van der Waals surface area contributed by atoms with E-state index in [9.17, 15) is 14.4 Å². The van der Waals surface area contributed by atoms with Crippen LogP contribution in [0, 0.1) is 0 Å². The minimum Gasteiger partial charge on any atom is -0.465 e. The molecule has 27 heavy (non-hydrogen) atoms. The summed E-state index contributed by atoms with van der Waals surface area (Å²) in [6.07, 6.45) is 2.51. The third kappa shape index (κ3) is 4.01. The number of hydrogen-bond acceptors (Lipinski definition) is 6. The first-order valence-electron chi connectivity index (χ1n) is 8.38. The molecule has 142 valence electrons. The number of carbonyl (C=O) groups excluding carboxylic acids is 3. The van der Waals surface area contributed by atoms with Gasteiger partial charge in [0, 0.05) is 28.8 Å². The molecule has 0 atom stereocenters. The highest BCUT2D eigenvalue weighted by Gasteiger charge is 2.30. The molecule has 0 unspecified atom stereocenters. The fourth-order valence-corrected chi connectivity index (χ4v) is 4.72. The molecule has 6 nitrogen and oxygen atoms in total. The van der Waals surface area contributed by atoms with Crippen LogP contribution in [0.1, 0.15) is 38.1 Å². The third-order valence-electron chi connectivity index (χ3n) is 4.45. The molecule has 0 spiro atoms. The highest BCUT2D eigenvalue weighted by molar-refractivity contribution is 7.98. The molecule has 2 aromatic rings. The quantitative estimate of drug-likeness (QED) is 0.624. The number of nitrogens with one attached hydrogen (secondary N) is 1. The van der Waals surface area contributed by atoms with Gasteiger partial charge in [-0.3, -0.25) is 9.59 Å². The number of anilines is 1. The first kappa shape index (κ1) is 19.4. The Labute approximate surface area is 165 Å². The van der Waals surface area contributed by atoms with Crippen molar-refractivity contribution in [1.29, 1.82) is 0 Å². The summed E-state index contributed by atoms with van der Waals surface area (Å²) < 4.78 is 4.93. The SMILES string of the molecule is COC(=O)c1c(NC(=O)c2cccc(SC)c2)sc2c1CCN(C(C)=O)C2. The summed E-state index contributed by atoms with van der Waals surface area (Å²) in [5, 5.41) is 3.33. The van der Waals surface area contributed by atoms with Crippen molar-refractivity contribution in [1.82, 2.24) is 4.90 Å². The van der Waals surface area contributed by atoms with Crippen molar-refractivity contribution < 1.29 is 19.1 Å². The van der Waals surface area contributed by atoms with Gasteiger partial charge >= 0.3 is 5.97 Å². The lowest BCUT2D eigenvalue weighted by Gasteiger charge is -2.25. The topological polar surface area (TPSA) is 75.7 Å². The van der Waals surface area contributed by atoms with Crippen molar-refractivity contribution in [2.45, 2.75) is 24.8 Å². The number of fused-ring (bicyclic) bond motifs is 1. The van der Waals surface area contributed by atoms with Gasteiger partial charge in [0.2, 0.25) is 5.91 Å². The predicted octanol–water partition coefficient (Wildman–Crippen LogP) is 3.41. The highest BCUT2D eigenvalue weighted by atomic mass is 32.2. The fraction of sp³-hybridized carbons (Fsp3) is 0.316. The largest absolute Gasteiger partial charge is 0.465 e. The Morgan fingerprint density at radius 1 is 1.30 bits per heavy atom. The van der Waals surface area contributed by atoms with Crippen molar-refractivity contribution in [3.05, 3.63) is 45.8 Å². The molecule has 0 aliphatic carbocycles. The van der Waals surface area contributed by atoms with Gasteiger partial charge < -0.3 is 15.0 Å². The first-order chi connectivity index (χ1) is 12.9. The standard InChI is InChI=1S/C19H20N2O4S2/c1-11(22)21-8-7-14-15(10-21)27-18(16(14)19(24)25-2)20-17(23)12-5-4-6-13(9-12)26-3/h4-6,9H,7-8,10H2,1-3H3,(H,20,23). The minimum absolute atomic E-state index is 0.00636. The number of esters is 1. The van der Waals surface area contributed by atoms with Gasteiger partial charge in [-0.2, -0.15) is 0 Å². The monoisotopic (exact) mass is 404 g/mol. The van der Waals surface area contributed by atoms with E-state index in [0.717, 1.165) is 15.3 Å². The zero-order valence-corrected chi connectivity index (χ0v) is 17.0. The number of ether oxygens (including phenoxy) is 1. The summed E-state index contributed by atoms with van der Waals surface area (Å²) in [4.78, 5) is 40.4. The molecule has 1 aromatic heterocycles. The normalized spacial score (nSPS) is 13.1. The third-order valence-corrected chi connectivity index (χ3v) is 6.31. The molecule has 0 radical (unpaired) electrons. The summed E-state index contributed by atoms with van der Waals surface area (Å²) in [7, 11) is 1.32. The molecule has 0 saturated heterocycles. The number of benzene rings is 1. The average molecular weight is 405 g/mol. The highest BCUT2D eigenvalue weighted by Crippen LogP contribution is 2.38. The smallest absolute Gasteiger partial charge is 0.341 e. The molecule has 0 bridgehead atoms. The van der Waals surface area contributed by atoms with Gasteiger partial charge in [-0.1, -0.05) is 6.07 Å². The van der Waals surface area contributed by atoms with Gasteiger partial charge in [0.05, 0.1) is 19.2 Å². The summed E-state index contributed by atoms with van der Waals surface area (Å²) in [5.41, 5.74) is 1.78. The van der Waals surface area contributed by atoms with Crippen LogP contribution in [0.4, 0.5) is 5.00 Å². The molecule has 1 N–H and O–H groups in total. The molecule has 1 aromatic carbocycles. The van der Waals surface area contributed by atoms with Crippen molar-refractivity contribution in [2.24, 2.45) is 0 Å². The van der Waals surface area contributed by atoms with Crippen molar-refractivity contribution in [3.8, 4) is 0 Å². The van der Waals surface area contributed by atoms with E-state index in [1.807, 2.05) is 24.5 Å². The second-order valence-corrected chi connectivity index (χ2v) is 8.06. The van der Waals surface area contributed by atoms with E-state index >= 15 is 0 Å². The maximum atomic E-state index is 12.7. The number of carbonyl (C=O) groups is 3. The summed E-state index contributed by atoms with van der Waals surface area (Å²) in [6.45, 7) is 2.52. The van der Waals surface area contributed by atoms with E-state index in [1.165, 1.54) is 25.4 Å². The Hall–Kier alpha value is -2.32. The van der Waals surface area contributed by atoms with E-state index in [1.54, 1.807) is 22.7 Å². The molecule has 3 rings (SSSR count). The zero-order chi connectivity index (χ0) is 19.6. The van der Waals surface area contributed by atoms with Gasteiger partial charge in [0.15, 0.2) is 0 Å². The number of hydrogen-bond donors (Lipinski definition) is 1. The van der Waals surface area contributed by atoms with Crippen LogP contribution in [0.3, 0.4) is 0 Å². The van der Waals surface area contributed by atoms with Crippen LogP contribution < -0.4 is 5.32 Å².